The van der Waals surface area contributed by atoms with Crippen molar-refractivity contribution >= 4 is 29.2 Å². The summed E-state index contributed by atoms with van der Waals surface area (Å²) in [4.78, 5) is 26.6. The Labute approximate surface area is 184 Å². The normalized spacial score (nSPS) is 12.5. The second kappa shape index (κ2) is 9.06. The molecule has 0 saturated carbocycles. The number of fused-ring (bicyclic) bond motifs is 1. The second-order valence-corrected chi connectivity index (χ2v) is 8.18. The van der Waals surface area contributed by atoms with Crippen LogP contribution in [0.1, 0.15) is 31.9 Å². The maximum absolute atomic E-state index is 12.9. The number of amides is 2. The first kappa shape index (κ1) is 20.7. The summed E-state index contributed by atoms with van der Waals surface area (Å²) in [5, 5.41) is 7.55. The van der Waals surface area contributed by atoms with Gasteiger partial charge in [-0.15, -0.1) is 11.3 Å². The van der Waals surface area contributed by atoms with Gasteiger partial charge in [0, 0.05) is 17.0 Å². The van der Waals surface area contributed by atoms with E-state index in [1.54, 1.807) is 12.1 Å². The van der Waals surface area contributed by atoms with Gasteiger partial charge < -0.3 is 20.1 Å². The summed E-state index contributed by atoms with van der Waals surface area (Å²) in [5.41, 5.74) is 3.68. The molecular weight excluding hydrogens is 412 g/mol. The van der Waals surface area contributed by atoms with Crippen LogP contribution in [-0.4, -0.2) is 18.6 Å². The maximum Gasteiger partial charge on any atom is 0.268 e. The number of hydrogen-bond donors (Lipinski definition) is 2. The fourth-order valence-corrected chi connectivity index (χ4v) is 3.74. The molecule has 2 N–H and O–H groups in total. The Bertz CT molecular complexity index is 1150. The van der Waals surface area contributed by atoms with Crippen LogP contribution in [0.5, 0.6) is 11.5 Å². The van der Waals surface area contributed by atoms with E-state index < -0.39 is 0 Å². The molecule has 0 fully saturated rings. The van der Waals surface area contributed by atoms with Gasteiger partial charge in [-0.1, -0.05) is 18.2 Å². The average Bonchev–Trinajstić information content (AvgIpc) is 3.44. The molecule has 0 bridgehead atoms. The molecule has 1 aliphatic rings. The Morgan fingerprint density at radius 3 is 2.65 bits per heavy atom. The minimum absolute atomic E-state index is 0.187. The molecule has 2 amide bonds. The van der Waals surface area contributed by atoms with Crippen LogP contribution in [0.25, 0.3) is 6.08 Å². The molecule has 2 heterocycles. The van der Waals surface area contributed by atoms with Crippen molar-refractivity contribution in [1.82, 2.24) is 10.6 Å². The van der Waals surface area contributed by atoms with E-state index in [1.807, 2.05) is 61.7 Å². The van der Waals surface area contributed by atoms with Gasteiger partial charge in [-0.05, 0) is 72.3 Å². The minimum Gasteiger partial charge on any atom is -0.454 e. The summed E-state index contributed by atoms with van der Waals surface area (Å²) in [6.07, 6.45) is 1.68. The molecule has 1 aliphatic heterocycles. The first-order valence-electron chi connectivity index (χ1n) is 9.80. The molecule has 0 spiro atoms. The Hall–Kier alpha value is -3.58. The van der Waals surface area contributed by atoms with Crippen molar-refractivity contribution in [3.05, 3.63) is 86.7 Å². The first-order chi connectivity index (χ1) is 15.0. The first-order valence-corrected chi connectivity index (χ1v) is 10.7. The summed E-state index contributed by atoms with van der Waals surface area (Å²) in [5.74, 6) is 0.644. The van der Waals surface area contributed by atoms with Crippen LogP contribution < -0.4 is 20.1 Å². The molecule has 7 heteroatoms. The van der Waals surface area contributed by atoms with Gasteiger partial charge >= 0.3 is 0 Å². The lowest BCUT2D eigenvalue weighted by atomic mass is 10.1. The van der Waals surface area contributed by atoms with Gasteiger partial charge in [0.05, 0.1) is 0 Å². The van der Waals surface area contributed by atoms with Gasteiger partial charge in [-0.3, -0.25) is 9.59 Å². The van der Waals surface area contributed by atoms with E-state index in [9.17, 15) is 9.59 Å². The monoisotopic (exact) mass is 434 g/mol. The third-order valence-corrected chi connectivity index (χ3v) is 5.80. The molecule has 4 rings (SSSR count). The van der Waals surface area contributed by atoms with Crippen molar-refractivity contribution < 1.29 is 19.1 Å². The van der Waals surface area contributed by atoms with Crippen LogP contribution in [0.15, 0.2) is 59.6 Å². The zero-order chi connectivity index (χ0) is 21.8. The number of carbonyl (C=O) groups is 2. The SMILES string of the molecule is Cc1ccc(C(=O)N/C(=C\c2cccs2)C(=O)NCc2ccc3c(c2)OCO3)cc1C. The summed E-state index contributed by atoms with van der Waals surface area (Å²) in [6.45, 7) is 4.43. The molecular formula is C24H22N2O4S. The minimum atomic E-state index is -0.372. The topological polar surface area (TPSA) is 76.7 Å². The van der Waals surface area contributed by atoms with Gasteiger partial charge in [0.25, 0.3) is 11.8 Å². The van der Waals surface area contributed by atoms with Crippen LogP contribution in [-0.2, 0) is 11.3 Å². The molecule has 0 radical (unpaired) electrons. The molecule has 1 aromatic heterocycles. The highest BCUT2D eigenvalue weighted by molar-refractivity contribution is 7.10. The highest BCUT2D eigenvalue weighted by Crippen LogP contribution is 2.32. The molecule has 0 aliphatic carbocycles. The molecule has 0 saturated heterocycles. The van der Waals surface area contributed by atoms with E-state index in [0.717, 1.165) is 21.6 Å². The Morgan fingerprint density at radius 1 is 1.03 bits per heavy atom. The Balaban J connectivity index is 1.49. The standard InChI is InChI=1S/C24H22N2O4S/c1-15-5-7-18(10-16(15)2)23(27)26-20(12-19-4-3-9-31-19)24(28)25-13-17-6-8-21-22(11-17)30-14-29-21/h3-12H,13-14H2,1-2H3,(H,25,28)(H,26,27)/b20-12-. The van der Waals surface area contributed by atoms with Gasteiger partial charge in [0.1, 0.15) is 5.70 Å². The number of aryl methyl sites for hydroxylation is 2. The lowest BCUT2D eigenvalue weighted by Crippen LogP contribution is -2.34. The number of benzene rings is 2. The van der Waals surface area contributed by atoms with Crippen molar-refractivity contribution in [1.29, 1.82) is 0 Å². The predicted molar refractivity (Wildman–Crippen MR) is 120 cm³/mol. The van der Waals surface area contributed by atoms with Gasteiger partial charge in [-0.2, -0.15) is 0 Å². The van der Waals surface area contributed by atoms with Gasteiger partial charge in [0.15, 0.2) is 11.5 Å². The fraction of sp³-hybridized carbons (Fsp3) is 0.167. The molecule has 31 heavy (non-hydrogen) atoms. The quantitative estimate of drug-likeness (QED) is 0.571. The van der Waals surface area contributed by atoms with Gasteiger partial charge in [-0.25, -0.2) is 0 Å². The highest BCUT2D eigenvalue weighted by atomic mass is 32.1. The van der Waals surface area contributed by atoms with E-state index in [0.29, 0.717) is 17.1 Å². The van der Waals surface area contributed by atoms with Crippen LogP contribution in [0.2, 0.25) is 0 Å². The van der Waals surface area contributed by atoms with Crippen molar-refractivity contribution in [3.8, 4) is 11.5 Å². The summed E-state index contributed by atoms with van der Waals surface area (Å²) >= 11 is 1.49. The van der Waals surface area contributed by atoms with Crippen molar-refractivity contribution in [2.75, 3.05) is 6.79 Å². The third kappa shape index (κ3) is 4.95. The van der Waals surface area contributed by atoms with Gasteiger partial charge in [0.2, 0.25) is 6.79 Å². The molecule has 2 aromatic carbocycles. The summed E-state index contributed by atoms with van der Waals surface area (Å²) in [7, 11) is 0. The van der Waals surface area contributed by atoms with Crippen molar-refractivity contribution in [2.24, 2.45) is 0 Å². The summed E-state index contributed by atoms with van der Waals surface area (Å²) < 4.78 is 10.7. The average molecular weight is 435 g/mol. The highest BCUT2D eigenvalue weighted by Gasteiger charge is 2.17. The Kier molecular flexibility index (Phi) is 6.04. The van der Waals surface area contributed by atoms with E-state index in [4.69, 9.17) is 9.47 Å². The van der Waals surface area contributed by atoms with Crippen molar-refractivity contribution in [3.63, 3.8) is 0 Å². The number of thiophene rings is 1. The fourth-order valence-electron chi connectivity index (χ4n) is 3.08. The second-order valence-electron chi connectivity index (χ2n) is 7.20. The number of carbonyl (C=O) groups excluding carboxylic acids is 2. The molecule has 3 aromatic rings. The van der Waals surface area contributed by atoms with Crippen LogP contribution in [0, 0.1) is 13.8 Å². The number of ether oxygens (including phenoxy) is 2. The molecule has 0 atom stereocenters. The van der Waals surface area contributed by atoms with E-state index in [1.165, 1.54) is 11.3 Å². The van der Waals surface area contributed by atoms with Crippen LogP contribution in [0.3, 0.4) is 0 Å². The third-order valence-electron chi connectivity index (χ3n) is 4.98. The smallest absolute Gasteiger partial charge is 0.268 e. The molecule has 0 unspecified atom stereocenters. The lowest BCUT2D eigenvalue weighted by Gasteiger charge is -2.12. The number of nitrogens with one attached hydrogen (secondary N) is 2. The molecule has 158 valence electrons. The maximum atomic E-state index is 12.9. The zero-order valence-corrected chi connectivity index (χ0v) is 18.0. The van der Waals surface area contributed by atoms with E-state index >= 15 is 0 Å². The van der Waals surface area contributed by atoms with Crippen LogP contribution >= 0.6 is 11.3 Å². The number of hydrogen-bond acceptors (Lipinski definition) is 5. The Morgan fingerprint density at radius 2 is 1.87 bits per heavy atom. The van der Waals surface area contributed by atoms with E-state index in [2.05, 4.69) is 10.6 Å². The number of rotatable bonds is 6. The largest absolute Gasteiger partial charge is 0.454 e. The zero-order valence-electron chi connectivity index (χ0n) is 17.2. The van der Waals surface area contributed by atoms with E-state index in [-0.39, 0.29) is 30.8 Å². The lowest BCUT2D eigenvalue weighted by molar-refractivity contribution is -0.117. The van der Waals surface area contributed by atoms with Crippen LogP contribution in [0.4, 0.5) is 0 Å². The predicted octanol–water partition coefficient (Wildman–Crippen LogP) is 4.18. The molecule has 6 nitrogen and oxygen atoms in total. The van der Waals surface area contributed by atoms with Crippen molar-refractivity contribution in [2.45, 2.75) is 20.4 Å². The summed E-state index contributed by atoms with van der Waals surface area (Å²) in [6, 6.07) is 14.8.